The molecular weight excluding hydrogens is 268 g/mol. The number of benzene rings is 2. The lowest BCUT2D eigenvalue weighted by Gasteiger charge is -2.05. The molecular formula is C17H16O2S. The molecule has 0 saturated heterocycles. The van der Waals surface area contributed by atoms with E-state index in [4.69, 9.17) is 5.11 Å². The van der Waals surface area contributed by atoms with Gasteiger partial charge in [0.15, 0.2) is 0 Å². The molecule has 0 atom stereocenters. The van der Waals surface area contributed by atoms with E-state index in [9.17, 15) is 4.79 Å². The van der Waals surface area contributed by atoms with Crippen LogP contribution in [0.4, 0.5) is 0 Å². The first kappa shape index (κ1) is 14.4. The molecule has 102 valence electrons. The van der Waals surface area contributed by atoms with Gasteiger partial charge in [-0.3, -0.25) is 0 Å². The molecule has 2 aromatic rings. The molecule has 2 aromatic carbocycles. The van der Waals surface area contributed by atoms with Crippen molar-refractivity contribution < 1.29 is 9.90 Å². The molecule has 0 aromatic heterocycles. The third kappa shape index (κ3) is 4.28. The van der Waals surface area contributed by atoms with Crippen LogP contribution in [0.3, 0.4) is 0 Å². The number of hydrogen-bond donors (Lipinski definition) is 1. The molecule has 0 aliphatic rings. The molecule has 0 saturated carbocycles. The van der Waals surface area contributed by atoms with Crippen molar-refractivity contribution in [2.75, 3.05) is 0 Å². The summed E-state index contributed by atoms with van der Waals surface area (Å²) in [5, 5.41) is 8.81. The van der Waals surface area contributed by atoms with E-state index in [-0.39, 0.29) is 5.57 Å². The SMILES string of the molecule is C=C(CCc1cccc(Sc2ccccc2)c1)C(=O)O. The van der Waals surface area contributed by atoms with E-state index in [0.717, 1.165) is 10.5 Å². The highest BCUT2D eigenvalue weighted by molar-refractivity contribution is 7.99. The van der Waals surface area contributed by atoms with E-state index in [1.165, 1.54) is 4.90 Å². The zero-order chi connectivity index (χ0) is 14.4. The molecule has 0 amide bonds. The normalized spacial score (nSPS) is 10.2. The molecule has 0 spiro atoms. The average Bonchev–Trinajstić information content (AvgIpc) is 2.46. The lowest BCUT2D eigenvalue weighted by Crippen LogP contribution is -2.00. The Morgan fingerprint density at radius 3 is 2.45 bits per heavy atom. The molecule has 1 N–H and O–H groups in total. The zero-order valence-corrected chi connectivity index (χ0v) is 11.9. The third-order valence-corrected chi connectivity index (χ3v) is 3.89. The van der Waals surface area contributed by atoms with Crippen LogP contribution in [0.2, 0.25) is 0 Å². The van der Waals surface area contributed by atoms with Gasteiger partial charge >= 0.3 is 5.97 Å². The third-order valence-electron chi connectivity index (χ3n) is 2.90. The summed E-state index contributed by atoms with van der Waals surface area (Å²) in [5.74, 6) is -0.917. The maximum absolute atomic E-state index is 10.7. The van der Waals surface area contributed by atoms with Crippen LogP contribution in [-0.2, 0) is 11.2 Å². The van der Waals surface area contributed by atoms with E-state index in [1.54, 1.807) is 11.8 Å². The molecule has 0 radical (unpaired) electrons. The van der Waals surface area contributed by atoms with Crippen molar-refractivity contribution >= 4 is 17.7 Å². The Labute approximate surface area is 123 Å². The minimum Gasteiger partial charge on any atom is -0.478 e. The maximum atomic E-state index is 10.7. The van der Waals surface area contributed by atoms with Crippen LogP contribution in [-0.4, -0.2) is 11.1 Å². The highest BCUT2D eigenvalue weighted by Crippen LogP contribution is 2.28. The summed E-state index contributed by atoms with van der Waals surface area (Å²) in [5.41, 5.74) is 1.39. The minimum absolute atomic E-state index is 0.256. The average molecular weight is 284 g/mol. The quantitative estimate of drug-likeness (QED) is 0.798. The van der Waals surface area contributed by atoms with E-state index in [2.05, 4.69) is 30.8 Å². The Bertz CT molecular complexity index is 605. The summed E-state index contributed by atoms with van der Waals surface area (Å²) in [6, 6.07) is 18.4. The van der Waals surface area contributed by atoms with Crippen molar-refractivity contribution in [2.24, 2.45) is 0 Å². The summed E-state index contributed by atoms with van der Waals surface area (Å²) < 4.78 is 0. The Kier molecular flexibility index (Phi) is 5.02. The lowest BCUT2D eigenvalue weighted by atomic mass is 10.1. The number of carboxylic acid groups (broad SMARTS) is 1. The van der Waals surface area contributed by atoms with Crippen molar-refractivity contribution in [3.05, 3.63) is 72.3 Å². The monoisotopic (exact) mass is 284 g/mol. The van der Waals surface area contributed by atoms with Gasteiger partial charge in [0.05, 0.1) is 0 Å². The van der Waals surface area contributed by atoms with Gasteiger partial charge in [-0.1, -0.05) is 48.7 Å². The number of hydrogen-bond acceptors (Lipinski definition) is 2. The summed E-state index contributed by atoms with van der Waals surface area (Å²) in [7, 11) is 0. The van der Waals surface area contributed by atoms with Gasteiger partial charge in [-0.15, -0.1) is 0 Å². The molecule has 0 aliphatic carbocycles. The molecule has 0 unspecified atom stereocenters. The molecule has 0 fully saturated rings. The van der Waals surface area contributed by atoms with Crippen molar-refractivity contribution in [3.63, 3.8) is 0 Å². The van der Waals surface area contributed by atoms with Crippen LogP contribution in [0.15, 0.2) is 76.5 Å². The highest BCUT2D eigenvalue weighted by atomic mass is 32.2. The molecule has 20 heavy (non-hydrogen) atoms. The summed E-state index contributed by atoms with van der Waals surface area (Å²) in [6.45, 7) is 3.55. The predicted molar refractivity (Wildman–Crippen MR) is 82.1 cm³/mol. The number of carbonyl (C=O) groups is 1. The van der Waals surface area contributed by atoms with E-state index in [1.807, 2.05) is 30.3 Å². The fourth-order valence-corrected chi connectivity index (χ4v) is 2.71. The second-order valence-electron chi connectivity index (χ2n) is 4.47. The Morgan fingerprint density at radius 2 is 1.75 bits per heavy atom. The Morgan fingerprint density at radius 1 is 1.05 bits per heavy atom. The van der Waals surface area contributed by atoms with Crippen molar-refractivity contribution in [1.29, 1.82) is 0 Å². The van der Waals surface area contributed by atoms with Crippen LogP contribution >= 0.6 is 11.8 Å². The molecule has 3 heteroatoms. The van der Waals surface area contributed by atoms with E-state index >= 15 is 0 Å². The van der Waals surface area contributed by atoms with Crippen LogP contribution < -0.4 is 0 Å². The van der Waals surface area contributed by atoms with Crippen LogP contribution in [0.1, 0.15) is 12.0 Å². The second kappa shape index (κ2) is 6.96. The van der Waals surface area contributed by atoms with Gasteiger partial charge in [0.1, 0.15) is 0 Å². The second-order valence-corrected chi connectivity index (χ2v) is 5.62. The zero-order valence-electron chi connectivity index (χ0n) is 11.1. The molecule has 0 heterocycles. The number of carboxylic acids is 1. The van der Waals surface area contributed by atoms with E-state index < -0.39 is 5.97 Å². The molecule has 0 bridgehead atoms. The summed E-state index contributed by atoms with van der Waals surface area (Å²) >= 11 is 1.70. The van der Waals surface area contributed by atoms with Gasteiger partial charge in [-0.2, -0.15) is 0 Å². The summed E-state index contributed by atoms with van der Waals surface area (Å²) in [4.78, 5) is 13.1. The fraction of sp³-hybridized carbons (Fsp3) is 0.118. The number of rotatable bonds is 6. The standard InChI is InChI=1S/C17H16O2S/c1-13(17(18)19)10-11-14-6-5-9-16(12-14)20-15-7-3-2-4-8-15/h2-9,12H,1,10-11H2,(H,18,19). The summed E-state index contributed by atoms with van der Waals surface area (Å²) in [6.07, 6.45) is 1.18. The van der Waals surface area contributed by atoms with Gasteiger partial charge in [-0.05, 0) is 42.7 Å². The van der Waals surface area contributed by atoms with Crippen molar-refractivity contribution in [3.8, 4) is 0 Å². The van der Waals surface area contributed by atoms with E-state index in [0.29, 0.717) is 12.8 Å². The highest BCUT2D eigenvalue weighted by Gasteiger charge is 2.05. The van der Waals surface area contributed by atoms with Crippen molar-refractivity contribution in [1.82, 2.24) is 0 Å². The first-order valence-corrected chi connectivity index (χ1v) is 7.20. The fourth-order valence-electron chi connectivity index (χ4n) is 1.79. The van der Waals surface area contributed by atoms with Crippen LogP contribution in [0.5, 0.6) is 0 Å². The minimum atomic E-state index is -0.917. The molecule has 0 aliphatic heterocycles. The van der Waals surface area contributed by atoms with Crippen molar-refractivity contribution in [2.45, 2.75) is 22.6 Å². The van der Waals surface area contributed by atoms with Gasteiger partial charge in [0.2, 0.25) is 0 Å². The first-order valence-electron chi connectivity index (χ1n) is 6.38. The van der Waals surface area contributed by atoms with Gasteiger partial charge in [-0.25, -0.2) is 4.79 Å². The number of aryl methyl sites for hydroxylation is 1. The lowest BCUT2D eigenvalue weighted by molar-refractivity contribution is -0.132. The largest absolute Gasteiger partial charge is 0.478 e. The Balaban J connectivity index is 2.01. The van der Waals surface area contributed by atoms with Gasteiger partial charge in [0.25, 0.3) is 0 Å². The van der Waals surface area contributed by atoms with Crippen LogP contribution in [0, 0.1) is 0 Å². The molecule has 2 rings (SSSR count). The van der Waals surface area contributed by atoms with Gasteiger partial charge in [0, 0.05) is 15.4 Å². The predicted octanol–water partition coefficient (Wildman–Crippen LogP) is 4.41. The van der Waals surface area contributed by atoms with Gasteiger partial charge < -0.3 is 5.11 Å². The first-order chi connectivity index (χ1) is 9.65. The maximum Gasteiger partial charge on any atom is 0.330 e. The Hall–Kier alpha value is -2.00. The topological polar surface area (TPSA) is 37.3 Å². The smallest absolute Gasteiger partial charge is 0.330 e. The number of aliphatic carboxylic acids is 1. The molecule has 2 nitrogen and oxygen atoms in total. The van der Waals surface area contributed by atoms with Crippen LogP contribution in [0.25, 0.3) is 0 Å².